The van der Waals surface area contributed by atoms with Gasteiger partial charge in [-0.2, -0.15) is 4.98 Å². The van der Waals surface area contributed by atoms with Crippen LogP contribution in [0.15, 0.2) is 126 Å². The van der Waals surface area contributed by atoms with Crippen LogP contribution in [0.25, 0.3) is 104 Å². The minimum atomic E-state index is 0.286. The van der Waals surface area contributed by atoms with Crippen LogP contribution in [0.1, 0.15) is 20.3 Å². The minimum Gasteiger partial charge on any atom is -0.436 e. The van der Waals surface area contributed by atoms with Crippen molar-refractivity contribution in [2.75, 3.05) is 0 Å². The molecule has 10 rings (SSSR count). The maximum Gasteiger partial charge on any atom is 0.247 e. The molecule has 0 bridgehead atoms. The van der Waals surface area contributed by atoms with Gasteiger partial charge in [0, 0.05) is 31.6 Å². The average molecular weight is 696 g/mol. The van der Waals surface area contributed by atoms with Gasteiger partial charge in [-0.3, -0.25) is 4.57 Å². The number of thiophene rings is 1. The Morgan fingerprint density at radius 3 is 2.10 bits per heavy atom. The highest BCUT2D eigenvalue weighted by atomic mass is 35.5. The minimum absolute atomic E-state index is 0.286. The van der Waals surface area contributed by atoms with Crippen LogP contribution in [0, 0.1) is 0 Å². The fourth-order valence-corrected chi connectivity index (χ4v) is 9.47. The Kier molecular flexibility index (Phi) is 6.88. The molecule has 51 heavy (non-hydrogen) atoms. The molecule has 4 nitrogen and oxygen atoms in total. The summed E-state index contributed by atoms with van der Waals surface area (Å²) in [6, 6.07) is 42.4. The molecule has 0 radical (unpaired) electrons. The van der Waals surface area contributed by atoms with Crippen molar-refractivity contribution in [1.29, 1.82) is 0 Å². The van der Waals surface area contributed by atoms with Crippen LogP contribution < -0.4 is 10.6 Å². The summed E-state index contributed by atoms with van der Waals surface area (Å²) in [6.07, 6.45) is 5.34. The third-order valence-corrected chi connectivity index (χ3v) is 11.5. The third kappa shape index (κ3) is 4.38. The summed E-state index contributed by atoms with van der Waals surface area (Å²) in [5, 5.41) is 11.1. The first kappa shape index (κ1) is 30.1. The van der Waals surface area contributed by atoms with Crippen LogP contribution in [0.5, 0.6) is 0 Å². The van der Waals surface area contributed by atoms with E-state index in [1.807, 2.05) is 47.7 Å². The Morgan fingerprint density at radius 1 is 0.706 bits per heavy atom. The van der Waals surface area contributed by atoms with Crippen molar-refractivity contribution in [3.05, 3.63) is 137 Å². The van der Waals surface area contributed by atoms with E-state index >= 15 is 0 Å². The fourth-order valence-electron chi connectivity index (χ4n) is 7.87. The highest BCUT2D eigenvalue weighted by molar-refractivity contribution is 7.27. The highest BCUT2D eigenvalue weighted by Gasteiger charge is 2.26. The smallest absolute Gasteiger partial charge is 0.247 e. The van der Waals surface area contributed by atoms with E-state index in [1.54, 1.807) is 0 Å². The molecule has 0 fully saturated rings. The number of benzene rings is 6. The second kappa shape index (κ2) is 11.7. The molecule has 0 spiro atoms. The van der Waals surface area contributed by atoms with Gasteiger partial charge in [0.1, 0.15) is 11.3 Å². The summed E-state index contributed by atoms with van der Waals surface area (Å²) in [7, 11) is 0. The molecule has 0 unspecified atom stereocenters. The summed E-state index contributed by atoms with van der Waals surface area (Å²) < 4.78 is 11.3. The number of furan rings is 1. The lowest BCUT2D eigenvalue weighted by Gasteiger charge is -2.10. The molecular formula is C45H30ClN3OS. The molecule has 0 N–H and O–H groups in total. The zero-order valence-electron chi connectivity index (χ0n) is 27.9. The van der Waals surface area contributed by atoms with E-state index in [9.17, 15) is 0 Å². The van der Waals surface area contributed by atoms with Crippen LogP contribution in [-0.4, -0.2) is 14.5 Å². The van der Waals surface area contributed by atoms with E-state index < -0.39 is 0 Å². The van der Waals surface area contributed by atoms with E-state index in [4.69, 9.17) is 26.0 Å². The Labute approximate surface area is 302 Å². The van der Waals surface area contributed by atoms with Crippen molar-refractivity contribution in [2.45, 2.75) is 20.3 Å². The number of hydrogen-bond acceptors (Lipinski definition) is 4. The predicted molar refractivity (Wildman–Crippen MR) is 217 cm³/mol. The van der Waals surface area contributed by atoms with Crippen molar-refractivity contribution in [3.63, 3.8) is 0 Å². The van der Waals surface area contributed by atoms with Gasteiger partial charge in [-0.15, -0.1) is 11.3 Å². The Morgan fingerprint density at radius 2 is 1.37 bits per heavy atom. The molecule has 244 valence electrons. The summed E-state index contributed by atoms with van der Waals surface area (Å²) in [4.78, 5) is 10.4. The van der Waals surface area contributed by atoms with Crippen LogP contribution >= 0.6 is 22.9 Å². The summed E-state index contributed by atoms with van der Waals surface area (Å²) >= 11 is 9.11. The quantitative estimate of drug-likeness (QED) is 0.184. The Hall–Kier alpha value is -5.75. The first-order chi connectivity index (χ1) is 25.2. The first-order valence-corrected chi connectivity index (χ1v) is 18.4. The number of rotatable bonds is 4. The third-order valence-electron chi connectivity index (χ3n) is 9.97. The molecule has 6 heteroatoms. The van der Waals surface area contributed by atoms with Gasteiger partial charge >= 0.3 is 0 Å². The van der Waals surface area contributed by atoms with Gasteiger partial charge in [0.25, 0.3) is 0 Å². The van der Waals surface area contributed by atoms with Crippen LogP contribution in [0.3, 0.4) is 0 Å². The van der Waals surface area contributed by atoms with Crippen molar-refractivity contribution in [3.8, 4) is 28.3 Å². The SMILES string of the molecule is C/C=c1\c(=C/CC)n(-c2nc3c(-c4ccccc4)c(-c4ccccc4)oc3nc2Cl)c2c3sc4c5ccccc5ccc4c3c3ccccc3c12. The molecule has 0 aliphatic heterocycles. The van der Waals surface area contributed by atoms with Crippen molar-refractivity contribution in [1.82, 2.24) is 14.5 Å². The Bertz CT molecular complexity index is 3140. The van der Waals surface area contributed by atoms with Gasteiger partial charge in [-0.25, -0.2) is 4.98 Å². The highest BCUT2D eigenvalue weighted by Crippen LogP contribution is 2.46. The second-order valence-electron chi connectivity index (χ2n) is 12.8. The maximum absolute atomic E-state index is 7.27. The van der Waals surface area contributed by atoms with E-state index in [2.05, 4.69) is 115 Å². The van der Waals surface area contributed by atoms with Gasteiger partial charge in [0.15, 0.2) is 11.0 Å². The largest absolute Gasteiger partial charge is 0.436 e. The van der Waals surface area contributed by atoms with Gasteiger partial charge in [0.2, 0.25) is 5.71 Å². The maximum atomic E-state index is 7.27. The predicted octanol–water partition coefficient (Wildman–Crippen LogP) is 11.8. The fraction of sp³-hybridized carbons (Fsp3) is 0.0667. The second-order valence-corrected chi connectivity index (χ2v) is 14.2. The zero-order valence-corrected chi connectivity index (χ0v) is 29.5. The lowest BCUT2D eigenvalue weighted by atomic mass is 9.98. The molecule has 0 amide bonds. The molecule has 6 aromatic carbocycles. The lowest BCUT2D eigenvalue weighted by Crippen LogP contribution is -2.29. The van der Waals surface area contributed by atoms with E-state index in [1.165, 1.54) is 47.1 Å². The number of nitrogens with zero attached hydrogens (tertiary/aromatic N) is 3. The van der Waals surface area contributed by atoms with Crippen molar-refractivity contribution < 1.29 is 4.42 Å². The first-order valence-electron chi connectivity index (χ1n) is 17.2. The molecule has 0 atom stereocenters. The van der Waals surface area contributed by atoms with Crippen molar-refractivity contribution >= 4 is 98.9 Å². The molecule has 0 aliphatic rings. The molecule has 0 saturated carbocycles. The monoisotopic (exact) mass is 695 g/mol. The van der Waals surface area contributed by atoms with E-state index in [0.717, 1.165) is 45.0 Å². The lowest BCUT2D eigenvalue weighted by molar-refractivity contribution is 0.618. The van der Waals surface area contributed by atoms with Gasteiger partial charge in [0.05, 0.1) is 21.1 Å². The molecule has 4 aromatic heterocycles. The topological polar surface area (TPSA) is 43.9 Å². The molecular weight excluding hydrogens is 666 g/mol. The van der Waals surface area contributed by atoms with Crippen LogP contribution in [0.4, 0.5) is 0 Å². The zero-order chi connectivity index (χ0) is 34.2. The average Bonchev–Trinajstić information content (AvgIpc) is 3.85. The molecule has 10 aromatic rings. The van der Waals surface area contributed by atoms with Gasteiger partial charge in [-0.05, 0) is 40.5 Å². The van der Waals surface area contributed by atoms with Gasteiger partial charge in [-0.1, -0.05) is 152 Å². The van der Waals surface area contributed by atoms with Gasteiger partial charge < -0.3 is 4.42 Å². The summed E-state index contributed by atoms with van der Waals surface area (Å²) in [6.45, 7) is 4.29. The number of hydrogen-bond donors (Lipinski definition) is 0. The van der Waals surface area contributed by atoms with Crippen molar-refractivity contribution in [2.24, 2.45) is 0 Å². The number of halogens is 1. The normalized spacial score (nSPS) is 12.9. The Balaban J connectivity index is 1.42. The standard InChI is InChI=1S/C45H30ClN3OS/c1-3-15-34-29(4-2)36-31-22-13-14-23-32(31)37-33-25-24-26-16-11-12-21-30(26)41(33)51-42(37)39(36)49(34)44-43(46)48-45-38(47-44)35(27-17-7-5-8-18-27)40(50-45)28-19-9-6-10-20-28/h4-25H,3H2,1-2H3/b29-4+,34-15+. The summed E-state index contributed by atoms with van der Waals surface area (Å²) in [5.41, 5.74) is 5.02. The van der Waals surface area contributed by atoms with E-state index in [-0.39, 0.29) is 5.15 Å². The van der Waals surface area contributed by atoms with Crippen LogP contribution in [-0.2, 0) is 0 Å². The van der Waals surface area contributed by atoms with Crippen LogP contribution in [0.2, 0.25) is 5.15 Å². The molecule has 0 aliphatic carbocycles. The summed E-state index contributed by atoms with van der Waals surface area (Å²) in [5.74, 6) is 1.30. The molecule has 4 heterocycles. The van der Waals surface area contributed by atoms with E-state index in [0.29, 0.717) is 17.0 Å². The number of aromatic nitrogens is 3. The molecule has 0 saturated heterocycles. The number of fused-ring (bicyclic) bond motifs is 11.